The van der Waals surface area contributed by atoms with E-state index in [-0.39, 0.29) is 15.5 Å². The number of aromatic nitrogens is 2. The van der Waals surface area contributed by atoms with Crippen LogP contribution in [0.2, 0.25) is 0 Å². The number of benzene rings is 3. The topological polar surface area (TPSA) is 155 Å². The van der Waals surface area contributed by atoms with E-state index in [0.29, 0.717) is 16.9 Å². The number of nitrogens with two attached hydrogens (primary N) is 1. The third kappa shape index (κ3) is 7.19. The fourth-order valence-corrected chi connectivity index (χ4v) is 4.19. The number of alkyl halides is 3. The number of fused-ring (bicyclic) bond motifs is 1. The molecule has 0 spiro atoms. The number of primary sulfonamides is 1. The van der Waals surface area contributed by atoms with Crippen molar-refractivity contribution in [1.29, 1.82) is 0 Å². The summed E-state index contributed by atoms with van der Waals surface area (Å²) in [5.41, 5.74) is 3.45. The molecule has 9 nitrogen and oxygen atoms in total. The maximum atomic E-state index is 12.7. The number of hydrogen-bond donors (Lipinski definition) is 4. The molecule has 0 aliphatic heterocycles. The minimum absolute atomic E-state index is 0.00932. The Kier molecular flexibility index (Phi) is 8.42. The van der Waals surface area contributed by atoms with Gasteiger partial charge < -0.3 is 5.11 Å². The van der Waals surface area contributed by atoms with Gasteiger partial charge in [-0.25, -0.2) is 4.79 Å². The normalized spacial score (nSPS) is 12.4. The van der Waals surface area contributed by atoms with Crippen LogP contribution in [0.4, 0.5) is 18.9 Å². The number of carboxylic acid groups (broad SMARTS) is 1. The molecule has 2 radical (unpaired) electrons. The first-order valence-corrected chi connectivity index (χ1v) is 12.9. The average molecular weight is 594 g/mol. The fraction of sp³-hybridized carbons (Fsp3) is 0.0870. The number of amides is 1. The van der Waals surface area contributed by atoms with Crippen molar-refractivity contribution in [3.05, 3.63) is 78.4 Å². The maximum absolute atomic E-state index is 12.7. The Morgan fingerprint density at radius 2 is 1.68 bits per heavy atom. The number of aromatic amines is 1. The maximum Gasteiger partial charge on any atom is 0.490 e. The summed E-state index contributed by atoms with van der Waals surface area (Å²) in [4.78, 5) is 21.6. The molecule has 1 atom stereocenters. The predicted octanol–water partition coefficient (Wildman–Crippen LogP) is 3.36. The van der Waals surface area contributed by atoms with Gasteiger partial charge in [0.25, 0.3) is 0 Å². The average Bonchev–Trinajstić information content (AvgIpc) is 3.27. The first-order valence-electron chi connectivity index (χ1n) is 10.2. The molecule has 192 valence electrons. The van der Waals surface area contributed by atoms with Gasteiger partial charge in [-0.05, 0) is 0 Å². The van der Waals surface area contributed by atoms with E-state index >= 15 is 0 Å². The predicted molar refractivity (Wildman–Crippen MR) is 130 cm³/mol. The molecule has 4 rings (SSSR count). The molecule has 5 N–H and O–H groups in total. The van der Waals surface area contributed by atoms with Gasteiger partial charge in [0.05, 0.1) is 0 Å². The summed E-state index contributed by atoms with van der Waals surface area (Å²) in [5, 5.41) is 23.3. The van der Waals surface area contributed by atoms with Crippen LogP contribution in [0.5, 0.6) is 0 Å². The van der Waals surface area contributed by atoms with Crippen molar-refractivity contribution in [3.63, 3.8) is 0 Å². The number of nitrogens with one attached hydrogen (secondary N) is 2. The van der Waals surface area contributed by atoms with Gasteiger partial charge in [0.1, 0.15) is 0 Å². The summed E-state index contributed by atoms with van der Waals surface area (Å²) in [6.45, 7) is 0. The summed E-state index contributed by atoms with van der Waals surface area (Å²) in [6, 6.07) is 21.2. The minimum atomic E-state index is -5.08. The third-order valence-corrected chi connectivity index (χ3v) is 6.90. The summed E-state index contributed by atoms with van der Waals surface area (Å²) in [5.74, 6) is -2.91. The van der Waals surface area contributed by atoms with Crippen LogP contribution >= 0.6 is 0 Å². The van der Waals surface area contributed by atoms with E-state index in [9.17, 15) is 26.4 Å². The molecule has 37 heavy (non-hydrogen) atoms. The van der Waals surface area contributed by atoms with Crippen molar-refractivity contribution in [3.8, 4) is 11.3 Å². The number of carbonyl (C=O) groups is 2. The van der Waals surface area contributed by atoms with Gasteiger partial charge in [-0.1, -0.05) is 0 Å². The number of rotatable bonds is 5. The second-order valence-corrected chi connectivity index (χ2v) is 10.2. The quantitative estimate of drug-likeness (QED) is 0.260. The number of halogens is 3. The van der Waals surface area contributed by atoms with Gasteiger partial charge in [0.15, 0.2) is 0 Å². The second kappa shape index (κ2) is 11.2. The van der Waals surface area contributed by atoms with Crippen LogP contribution in [0.25, 0.3) is 22.2 Å². The molecule has 0 fully saturated rings. The first-order chi connectivity index (χ1) is 17.3. The number of carboxylic acids is 1. The number of H-pyrrole nitrogens is 1. The van der Waals surface area contributed by atoms with Crippen molar-refractivity contribution >= 4 is 55.3 Å². The monoisotopic (exact) mass is 594 g/mol. The number of anilines is 1. The molecular formula is C23H18AsF3N4O5S. The van der Waals surface area contributed by atoms with Crippen LogP contribution in [-0.4, -0.2) is 58.6 Å². The van der Waals surface area contributed by atoms with Crippen LogP contribution in [0.15, 0.2) is 77.7 Å². The Morgan fingerprint density at radius 3 is 2.27 bits per heavy atom. The zero-order valence-corrected chi connectivity index (χ0v) is 21.3. The Hall–Kier alpha value is -3.67. The molecule has 0 saturated carbocycles. The molecule has 4 aromatic rings. The van der Waals surface area contributed by atoms with Crippen LogP contribution in [0.1, 0.15) is 10.3 Å². The molecule has 0 bridgehead atoms. The van der Waals surface area contributed by atoms with Crippen molar-refractivity contribution in [2.24, 2.45) is 5.14 Å². The Bertz CT molecular complexity index is 1540. The molecule has 1 amide bonds. The fourth-order valence-electron chi connectivity index (χ4n) is 3.13. The smallest absolute Gasteiger partial charge is 0.475 e. The Morgan fingerprint density at radius 1 is 1.03 bits per heavy atom. The number of aliphatic carboxylic acids is 1. The molecule has 0 aliphatic carbocycles. The molecule has 0 saturated heterocycles. The van der Waals surface area contributed by atoms with E-state index in [4.69, 9.17) is 15.0 Å². The molecular weight excluding hydrogens is 576 g/mol. The van der Waals surface area contributed by atoms with E-state index in [1.165, 1.54) is 12.1 Å². The number of sulfonamides is 1. The van der Waals surface area contributed by atoms with Crippen LogP contribution < -0.4 is 10.5 Å². The standard InChI is InChI=1S/C21H17AsN4O3S.C2HF3O2/c22-19(13-5-2-1-3-6-13)21(27)24-15-9-10-18-17(12-15)20(26-25-18)14-7-4-8-16(11-14)30(23,28)29;3-2(4,5)1(6)7/h1-12,19H,(H,24,27)(H,25,26)(H2,23,28,29);(H,6,7)/t19-;/m1./s1. The minimum Gasteiger partial charge on any atom is -0.475 e. The summed E-state index contributed by atoms with van der Waals surface area (Å²) in [7, 11) is -3.83. The molecule has 1 aromatic heterocycles. The summed E-state index contributed by atoms with van der Waals surface area (Å²) < 4.78 is 54.7. The van der Waals surface area contributed by atoms with E-state index in [1.54, 1.807) is 24.3 Å². The van der Waals surface area contributed by atoms with Gasteiger partial charge in [-0.3, -0.25) is 0 Å². The third-order valence-electron chi connectivity index (χ3n) is 4.87. The van der Waals surface area contributed by atoms with Gasteiger partial charge >= 0.3 is 195 Å². The number of hydrogen-bond acceptors (Lipinski definition) is 5. The SMILES string of the molecule is NS(=O)(=O)c1cccc(-c2n[nH]c3ccc(NC(=O)[C@H]([As])c4ccccc4)cc23)c1.O=C(O)C(F)(F)F. The molecule has 0 aliphatic rings. The van der Waals surface area contributed by atoms with Gasteiger partial charge in [0.2, 0.25) is 0 Å². The van der Waals surface area contributed by atoms with E-state index in [0.717, 1.165) is 16.5 Å². The van der Waals surface area contributed by atoms with E-state index < -0.39 is 22.2 Å². The molecule has 1 heterocycles. The van der Waals surface area contributed by atoms with E-state index in [2.05, 4.69) is 32.4 Å². The second-order valence-electron chi connectivity index (χ2n) is 7.51. The zero-order valence-electron chi connectivity index (χ0n) is 18.6. The van der Waals surface area contributed by atoms with E-state index in [1.807, 2.05) is 36.4 Å². The van der Waals surface area contributed by atoms with Crippen molar-refractivity contribution in [2.45, 2.75) is 15.8 Å². The van der Waals surface area contributed by atoms with Crippen molar-refractivity contribution in [1.82, 2.24) is 10.2 Å². The van der Waals surface area contributed by atoms with Crippen LogP contribution in [-0.2, 0) is 19.6 Å². The molecule has 0 unspecified atom stereocenters. The van der Waals surface area contributed by atoms with Crippen molar-refractivity contribution < 1.29 is 36.3 Å². The van der Waals surface area contributed by atoms with Crippen molar-refractivity contribution in [2.75, 3.05) is 5.32 Å². The van der Waals surface area contributed by atoms with Gasteiger partial charge in [-0.2, -0.15) is 13.2 Å². The molecule has 3 aromatic carbocycles. The summed E-state index contributed by atoms with van der Waals surface area (Å²) >= 11 is 2.38. The van der Waals surface area contributed by atoms with Crippen LogP contribution in [0.3, 0.4) is 0 Å². The van der Waals surface area contributed by atoms with Gasteiger partial charge in [0, 0.05) is 0 Å². The summed E-state index contributed by atoms with van der Waals surface area (Å²) in [6.07, 6.45) is -5.08. The van der Waals surface area contributed by atoms with Gasteiger partial charge in [-0.15, -0.1) is 0 Å². The molecule has 14 heteroatoms. The Labute approximate surface area is 217 Å². The zero-order chi connectivity index (χ0) is 27.4. The van der Waals surface area contributed by atoms with Crippen LogP contribution in [0, 0.1) is 0 Å². The number of nitrogens with zero attached hydrogens (tertiary/aromatic N) is 1. The Balaban J connectivity index is 0.000000479. The first kappa shape index (κ1) is 27.9. The largest absolute Gasteiger partial charge is 0.490 e. The number of carbonyl (C=O) groups excluding carboxylic acids is 1.